The molecule has 0 unspecified atom stereocenters. The first-order valence-corrected chi connectivity index (χ1v) is 9.16. The molecule has 144 valence electrons. The van der Waals surface area contributed by atoms with Gasteiger partial charge in [-0.1, -0.05) is 43.3 Å². The Morgan fingerprint density at radius 1 is 1.07 bits per heavy atom. The van der Waals surface area contributed by atoms with E-state index >= 15 is 0 Å². The summed E-state index contributed by atoms with van der Waals surface area (Å²) in [5, 5.41) is 3.38. The fourth-order valence-corrected chi connectivity index (χ4v) is 3.01. The minimum absolute atomic E-state index is 0.297. The number of benzene rings is 2. The van der Waals surface area contributed by atoms with Gasteiger partial charge in [-0.15, -0.1) is 0 Å². The zero-order chi connectivity index (χ0) is 20.1. The molecule has 0 fully saturated rings. The second-order valence-corrected chi connectivity index (χ2v) is 6.49. The van der Waals surface area contributed by atoms with Gasteiger partial charge < -0.3 is 15.0 Å². The third-order valence-corrected chi connectivity index (χ3v) is 4.57. The van der Waals surface area contributed by atoms with E-state index < -0.39 is 12.0 Å². The summed E-state index contributed by atoms with van der Waals surface area (Å²) in [7, 11) is 0. The van der Waals surface area contributed by atoms with Crippen molar-refractivity contribution in [3.05, 3.63) is 71.4 Å². The van der Waals surface area contributed by atoms with Crippen LogP contribution in [0.25, 0.3) is 10.9 Å². The largest absolute Gasteiger partial charge is 0.456 e. The molecule has 0 aliphatic heterocycles. The molecule has 0 aliphatic carbocycles. The highest BCUT2D eigenvalue weighted by Gasteiger charge is 2.20. The quantitative estimate of drug-likeness (QED) is 0.488. The number of para-hydroxylation sites is 1. The van der Waals surface area contributed by atoms with Crippen molar-refractivity contribution in [1.29, 1.82) is 0 Å². The molecule has 1 atom stereocenters. The number of rotatable bonds is 7. The van der Waals surface area contributed by atoms with Crippen LogP contribution in [0.2, 0.25) is 0 Å². The molecular weight excluding hydrogens is 356 g/mol. The second-order valence-electron chi connectivity index (χ2n) is 6.49. The Morgan fingerprint density at radius 3 is 2.54 bits per heavy atom. The van der Waals surface area contributed by atoms with Crippen molar-refractivity contribution in [2.24, 2.45) is 0 Å². The maximum Gasteiger partial charge on any atom is 0.328 e. The number of ether oxygens (including phenoxy) is 1. The lowest BCUT2D eigenvalue weighted by molar-refractivity contribution is -0.144. The molecule has 0 bridgehead atoms. The van der Waals surface area contributed by atoms with Gasteiger partial charge in [0.05, 0.1) is 0 Å². The predicted octanol–water partition coefficient (Wildman–Crippen LogP) is 3.27. The van der Waals surface area contributed by atoms with Crippen LogP contribution in [0, 0.1) is 0 Å². The van der Waals surface area contributed by atoms with Crippen molar-refractivity contribution in [3.8, 4) is 0 Å². The molecule has 1 amide bonds. The van der Waals surface area contributed by atoms with Crippen LogP contribution in [0.4, 0.5) is 0 Å². The first-order chi connectivity index (χ1) is 13.5. The molecule has 6 nitrogen and oxygen atoms in total. The van der Waals surface area contributed by atoms with Crippen LogP contribution in [0.3, 0.4) is 0 Å². The minimum Gasteiger partial charge on any atom is -0.456 e. The number of esters is 1. The van der Waals surface area contributed by atoms with Crippen molar-refractivity contribution in [1.82, 2.24) is 10.3 Å². The molecule has 0 saturated heterocycles. The fraction of sp³-hybridized carbons (Fsp3) is 0.227. The molecule has 0 aliphatic rings. The summed E-state index contributed by atoms with van der Waals surface area (Å²) in [6.45, 7) is 3.19. The number of fused-ring (bicyclic) bond motifs is 1. The van der Waals surface area contributed by atoms with Crippen molar-refractivity contribution in [2.75, 3.05) is 6.61 Å². The van der Waals surface area contributed by atoms with Crippen molar-refractivity contribution < 1.29 is 19.1 Å². The highest BCUT2D eigenvalue weighted by Crippen LogP contribution is 2.22. The van der Waals surface area contributed by atoms with Gasteiger partial charge >= 0.3 is 5.97 Å². The topological polar surface area (TPSA) is 88.3 Å². The Hall–Kier alpha value is -3.41. The highest BCUT2D eigenvalue weighted by atomic mass is 16.5. The molecule has 2 N–H and O–H groups in total. The SMILES string of the molecule is CCc1cccc2c(C(=O)COC(=O)[C@H](C)NC(=O)c3ccccc3)c[nH]c12. The van der Waals surface area contributed by atoms with Gasteiger partial charge in [-0.3, -0.25) is 9.59 Å². The van der Waals surface area contributed by atoms with Gasteiger partial charge in [0.15, 0.2) is 6.61 Å². The van der Waals surface area contributed by atoms with E-state index in [2.05, 4.69) is 10.3 Å². The van der Waals surface area contributed by atoms with Gasteiger partial charge in [-0.05, 0) is 31.0 Å². The summed E-state index contributed by atoms with van der Waals surface area (Å²) in [6.07, 6.45) is 2.49. The minimum atomic E-state index is -0.866. The van der Waals surface area contributed by atoms with Gasteiger partial charge in [-0.2, -0.15) is 0 Å². The van der Waals surface area contributed by atoms with Gasteiger partial charge in [0.25, 0.3) is 5.91 Å². The van der Waals surface area contributed by atoms with Crippen molar-refractivity contribution in [2.45, 2.75) is 26.3 Å². The van der Waals surface area contributed by atoms with E-state index in [4.69, 9.17) is 4.74 Å². The molecular formula is C22H22N2O4. The zero-order valence-corrected chi connectivity index (χ0v) is 15.8. The zero-order valence-electron chi connectivity index (χ0n) is 15.8. The summed E-state index contributed by atoms with van der Waals surface area (Å²) >= 11 is 0. The molecule has 0 saturated carbocycles. The van der Waals surface area contributed by atoms with Gasteiger partial charge in [0, 0.05) is 28.2 Å². The number of carbonyl (C=O) groups is 3. The summed E-state index contributed by atoms with van der Waals surface area (Å²) < 4.78 is 5.11. The van der Waals surface area contributed by atoms with E-state index in [9.17, 15) is 14.4 Å². The van der Waals surface area contributed by atoms with Crippen LogP contribution in [-0.2, 0) is 16.0 Å². The Bertz CT molecular complexity index is 1010. The molecule has 3 aromatic rings. The molecule has 6 heteroatoms. The third kappa shape index (κ3) is 4.11. The number of hydrogen-bond acceptors (Lipinski definition) is 4. The molecule has 2 aromatic carbocycles. The Labute approximate surface area is 162 Å². The number of aromatic nitrogens is 1. The monoisotopic (exact) mass is 378 g/mol. The van der Waals surface area contributed by atoms with Crippen LogP contribution < -0.4 is 5.32 Å². The Balaban J connectivity index is 1.60. The van der Waals surface area contributed by atoms with Gasteiger partial charge in [0.1, 0.15) is 6.04 Å². The Morgan fingerprint density at radius 2 is 1.82 bits per heavy atom. The average Bonchev–Trinajstić information content (AvgIpc) is 3.16. The number of ketones is 1. The first-order valence-electron chi connectivity index (χ1n) is 9.16. The second kappa shape index (κ2) is 8.52. The lowest BCUT2D eigenvalue weighted by Gasteiger charge is -2.13. The highest BCUT2D eigenvalue weighted by molar-refractivity contribution is 6.09. The Kier molecular flexibility index (Phi) is 5.89. The van der Waals surface area contributed by atoms with Gasteiger partial charge in [-0.25, -0.2) is 4.79 Å². The smallest absolute Gasteiger partial charge is 0.328 e. The van der Waals surface area contributed by atoms with E-state index in [1.165, 1.54) is 6.92 Å². The number of nitrogens with one attached hydrogen (secondary N) is 2. The fourth-order valence-electron chi connectivity index (χ4n) is 3.01. The number of carbonyl (C=O) groups excluding carboxylic acids is 3. The van der Waals surface area contributed by atoms with Crippen LogP contribution in [0.5, 0.6) is 0 Å². The summed E-state index contributed by atoms with van der Waals surface area (Å²) in [5.41, 5.74) is 2.97. The number of aromatic amines is 1. The van der Waals surface area contributed by atoms with E-state index in [-0.39, 0.29) is 18.3 Å². The number of H-pyrrole nitrogens is 1. The molecule has 28 heavy (non-hydrogen) atoms. The molecule has 0 radical (unpaired) electrons. The first kappa shape index (κ1) is 19.4. The van der Waals surface area contributed by atoms with Crippen LogP contribution in [-0.4, -0.2) is 35.3 Å². The van der Waals surface area contributed by atoms with Gasteiger partial charge in [0.2, 0.25) is 5.78 Å². The van der Waals surface area contributed by atoms with E-state index in [0.717, 1.165) is 22.9 Å². The molecule has 1 heterocycles. The normalized spacial score (nSPS) is 11.8. The molecule has 0 spiro atoms. The van der Waals surface area contributed by atoms with Crippen molar-refractivity contribution >= 4 is 28.6 Å². The third-order valence-electron chi connectivity index (χ3n) is 4.57. The number of aryl methyl sites for hydroxylation is 1. The lowest BCUT2D eigenvalue weighted by atomic mass is 10.1. The molecule has 1 aromatic heterocycles. The summed E-state index contributed by atoms with van der Waals surface area (Å²) in [4.78, 5) is 39.9. The van der Waals surface area contributed by atoms with Crippen molar-refractivity contribution in [3.63, 3.8) is 0 Å². The van der Waals surface area contributed by atoms with E-state index in [1.54, 1.807) is 36.5 Å². The average molecular weight is 378 g/mol. The number of hydrogen-bond donors (Lipinski definition) is 2. The predicted molar refractivity (Wildman–Crippen MR) is 106 cm³/mol. The lowest BCUT2D eigenvalue weighted by Crippen LogP contribution is -2.40. The van der Waals surface area contributed by atoms with E-state index in [1.807, 2.05) is 25.1 Å². The van der Waals surface area contributed by atoms with Crippen LogP contribution in [0.15, 0.2) is 54.7 Å². The van der Waals surface area contributed by atoms with E-state index in [0.29, 0.717) is 11.1 Å². The number of Topliss-reactive ketones (excluding diaryl/α,β-unsaturated/α-hetero) is 1. The molecule has 3 rings (SSSR count). The number of amides is 1. The summed E-state index contributed by atoms with van der Waals surface area (Å²) in [6, 6.07) is 13.5. The van der Waals surface area contributed by atoms with Crippen LogP contribution in [0.1, 0.15) is 40.1 Å². The van der Waals surface area contributed by atoms with Crippen LogP contribution >= 0.6 is 0 Å². The summed E-state index contributed by atoms with van der Waals surface area (Å²) in [5.74, 6) is -1.33. The maximum absolute atomic E-state index is 12.5. The standard InChI is InChI=1S/C22H22N2O4/c1-3-15-10-7-11-17-18(12-23-20(15)17)19(25)13-28-22(27)14(2)24-21(26)16-8-5-4-6-9-16/h4-12,14,23H,3,13H2,1-2H3,(H,24,26)/t14-/m0/s1. The maximum atomic E-state index is 12.5.